The fraction of sp³-hybridized carbons (Fsp3) is 0.263. The Morgan fingerprint density at radius 2 is 1.80 bits per heavy atom. The van der Waals surface area contributed by atoms with Crippen LogP contribution in [0.1, 0.15) is 18.1 Å². The van der Waals surface area contributed by atoms with Crippen LogP contribution in [-0.4, -0.2) is 29.8 Å². The summed E-state index contributed by atoms with van der Waals surface area (Å²) in [5.41, 5.74) is 2.87. The van der Waals surface area contributed by atoms with Crippen molar-refractivity contribution in [1.29, 1.82) is 0 Å². The number of anilines is 1. The molecule has 25 heavy (non-hydrogen) atoms. The van der Waals surface area contributed by atoms with E-state index in [0.29, 0.717) is 23.8 Å². The van der Waals surface area contributed by atoms with E-state index in [1.807, 2.05) is 18.2 Å². The van der Waals surface area contributed by atoms with E-state index >= 15 is 0 Å². The van der Waals surface area contributed by atoms with Crippen LogP contribution in [0.25, 0.3) is 0 Å². The molecular formula is C19H18Cl2N2O2. The largest absolute Gasteiger partial charge is 0.336 e. The molecule has 0 spiro atoms. The van der Waals surface area contributed by atoms with Crippen molar-refractivity contribution in [1.82, 2.24) is 4.90 Å². The SMILES string of the molecule is CC(=O)N(CC(=O)N1CCc2ccccc2C1)c1cccc(Cl)c1Cl. The van der Waals surface area contributed by atoms with Crippen LogP contribution < -0.4 is 4.90 Å². The van der Waals surface area contributed by atoms with Gasteiger partial charge in [0.05, 0.1) is 15.7 Å². The molecule has 0 saturated carbocycles. The molecule has 3 rings (SSSR count). The molecular weight excluding hydrogens is 359 g/mol. The third-order valence-electron chi connectivity index (χ3n) is 4.38. The molecule has 0 aromatic heterocycles. The monoisotopic (exact) mass is 376 g/mol. The van der Waals surface area contributed by atoms with Gasteiger partial charge in [-0.05, 0) is 29.7 Å². The number of hydrogen-bond acceptors (Lipinski definition) is 2. The molecule has 6 heteroatoms. The molecule has 0 unspecified atom stereocenters. The number of hydrogen-bond donors (Lipinski definition) is 0. The first-order chi connectivity index (χ1) is 12.0. The van der Waals surface area contributed by atoms with Gasteiger partial charge in [0.1, 0.15) is 6.54 Å². The fourth-order valence-corrected chi connectivity index (χ4v) is 3.41. The summed E-state index contributed by atoms with van der Waals surface area (Å²) < 4.78 is 0. The average Bonchev–Trinajstić information content (AvgIpc) is 2.61. The van der Waals surface area contributed by atoms with E-state index < -0.39 is 0 Å². The minimum Gasteiger partial charge on any atom is -0.336 e. The molecule has 1 heterocycles. The van der Waals surface area contributed by atoms with Gasteiger partial charge in [-0.3, -0.25) is 9.59 Å². The van der Waals surface area contributed by atoms with Gasteiger partial charge in [0.25, 0.3) is 0 Å². The standard InChI is InChI=1S/C19H18Cl2N2O2/c1-13(24)23(17-8-4-7-16(20)19(17)21)12-18(25)22-10-9-14-5-2-3-6-15(14)11-22/h2-8H,9-12H2,1H3. The minimum atomic E-state index is -0.255. The molecule has 4 nitrogen and oxygen atoms in total. The summed E-state index contributed by atoms with van der Waals surface area (Å²) >= 11 is 12.3. The summed E-state index contributed by atoms with van der Waals surface area (Å²) in [6, 6.07) is 13.1. The van der Waals surface area contributed by atoms with E-state index in [9.17, 15) is 9.59 Å². The molecule has 2 amide bonds. The lowest BCUT2D eigenvalue weighted by Crippen LogP contribution is -2.44. The van der Waals surface area contributed by atoms with Crippen molar-refractivity contribution in [3.8, 4) is 0 Å². The van der Waals surface area contributed by atoms with Gasteiger partial charge in [-0.15, -0.1) is 0 Å². The maximum atomic E-state index is 12.7. The molecule has 0 aliphatic carbocycles. The van der Waals surface area contributed by atoms with Crippen LogP contribution in [0.3, 0.4) is 0 Å². The molecule has 1 aliphatic heterocycles. The zero-order chi connectivity index (χ0) is 18.0. The highest BCUT2D eigenvalue weighted by molar-refractivity contribution is 6.44. The van der Waals surface area contributed by atoms with Crippen molar-refractivity contribution < 1.29 is 9.59 Å². The molecule has 0 N–H and O–H groups in total. The number of carbonyl (C=O) groups excluding carboxylic acids is 2. The van der Waals surface area contributed by atoms with Crippen LogP contribution >= 0.6 is 23.2 Å². The van der Waals surface area contributed by atoms with Crippen molar-refractivity contribution in [2.45, 2.75) is 19.9 Å². The van der Waals surface area contributed by atoms with Gasteiger partial charge >= 0.3 is 0 Å². The van der Waals surface area contributed by atoms with Crippen LogP contribution in [0.4, 0.5) is 5.69 Å². The molecule has 0 radical (unpaired) electrons. The Kier molecular flexibility index (Phi) is 5.30. The average molecular weight is 377 g/mol. The fourth-order valence-electron chi connectivity index (χ4n) is 3.01. The summed E-state index contributed by atoms with van der Waals surface area (Å²) in [6.45, 7) is 2.56. The van der Waals surface area contributed by atoms with Gasteiger partial charge < -0.3 is 9.80 Å². The van der Waals surface area contributed by atoms with Crippen molar-refractivity contribution >= 4 is 40.7 Å². The lowest BCUT2D eigenvalue weighted by atomic mass is 10.00. The van der Waals surface area contributed by atoms with Crippen LogP contribution in [-0.2, 0) is 22.6 Å². The second-order valence-corrected chi connectivity index (χ2v) is 6.80. The Labute approximate surface area is 156 Å². The summed E-state index contributed by atoms with van der Waals surface area (Å²) in [6.07, 6.45) is 0.819. The maximum absolute atomic E-state index is 12.7. The number of nitrogens with zero attached hydrogens (tertiary/aromatic N) is 2. The molecule has 0 saturated heterocycles. The molecule has 0 bridgehead atoms. The second kappa shape index (κ2) is 7.46. The highest BCUT2D eigenvalue weighted by Crippen LogP contribution is 2.32. The Hall–Kier alpha value is -2.04. The predicted molar refractivity (Wildman–Crippen MR) is 100 cm³/mol. The second-order valence-electron chi connectivity index (χ2n) is 6.01. The highest BCUT2D eigenvalue weighted by Gasteiger charge is 2.25. The first-order valence-corrected chi connectivity index (χ1v) is 8.79. The minimum absolute atomic E-state index is 0.0580. The smallest absolute Gasteiger partial charge is 0.242 e. The Balaban J connectivity index is 1.78. The summed E-state index contributed by atoms with van der Waals surface area (Å²) in [4.78, 5) is 28.0. The third-order valence-corrected chi connectivity index (χ3v) is 5.19. The normalized spacial score (nSPS) is 13.3. The van der Waals surface area contributed by atoms with Crippen molar-refractivity contribution in [3.63, 3.8) is 0 Å². The number of amides is 2. The molecule has 1 aliphatic rings. The van der Waals surface area contributed by atoms with Gasteiger partial charge in [-0.1, -0.05) is 53.5 Å². The van der Waals surface area contributed by atoms with Gasteiger partial charge in [-0.25, -0.2) is 0 Å². The number of benzene rings is 2. The number of rotatable bonds is 3. The quantitative estimate of drug-likeness (QED) is 0.813. The lowest BCUT2D eigenvalue weighted by Gasteiger charge is -2.31. The van der Waals surface area contributed by atoms with Crippen molar-refractivity contribution in [2.75, 3.05) is 18.0 Å². The first-order valence-electron chi connectivity index (χ1n) is 8.04. The first kappa shape index (κ1) is 17.8. The Morgan fingerprint density at radius 1 is 1.08 bits per heavy atom. The van der Waals surface area contributed by atoms with Gasteiger partial charge in [0.2, 0.25) is 11.8 Å². The Bertz CT molecular complexity index is 823. The van der Waals surface area contributed by atoms with E-state index in [1.165, 1.54) is 17.4 Å². The van der Waals surface area contributed by atoms with Crippen molar-refractivity contribution in [2.24, 2.45) is 0 Å². The van der Waals surface area contributed by atoms with E-state index in [2.05, 4.69) is 6.07 Å². The van der Waals surface area contributed by atoms with Gasteiger partial charge in [-0.2, -0.15) is 0 Å². The van der Waals surface area contributed by atoms with E-state index in [0.717, 1.165) is 12.0 Å². The van der Waals surface area contributed by atoms with Gasteiger partial charge in [0, 0.05) is 20.0 Å². The molecule has 0 atom stereocenters. The summed E-state index contributed by atoms with van der Waals surface area (Å²) in [7, 11) is 0. The van der Waals surface area contributed by atoms with Crippen LogP contribution in [0.2, 0.25) is 10.0 Å². The van der Waals surface area contributed by atoms with Crippen LogP contribution in [0.5, 0.6) is 0 Å². The number of carbonyl (C=O) groups is 2. The summed E-state index contributed by atoms with van der Waals surface area (Å²) in [5.74, 6) is -0.365. The molecule has 2 aromatic rings. The molecule has 0 fully saturated rings. The number of halogens is 2. The summed E-state index contributed by atoms with van der Waals surface area (Å²) in [5, 5.41) is 0.626. The number of fused-ring (bicyclic) bond motifs is 1. The van der Waals surface area contributed by atoms with E-state index in [1.54, 1.807) is 23.1 Å². The van der Waals surface area contributed by atoms with Crippen molar-refractivity contribution in [3.05, 3.63) is 63.6 Å². The topological polar surface area (TPSA) is 40.6 Å². The maximum Gasteiger partial charge on any atom is 0.242 e. The zero-order valence-corrected chi connectivity index (χ0v) is 15.3. The van der Waals surface area contributed by atoms with Crippen LogP contribution in [0.15, 0.2) is 42.5 Å². The highest BCUT2D eigenvalue weighted by atomic mass is 35.5. The zero-order valence-electron chi connectivity index (χ0n) is 13.8. The molecule has 2 aromatic carbocycles. The Morgan fingerprint density at radius 3 is 2.52 bits per heavy atom. The molecule has 130 valence electrons. The van der Waals surface area contributed by atoms with E-state index in [-0.39, 0.29) is 23.4 Å². The van der Waals surface area contributed by atoms with Gasteiger partial charge in [0.15, 0.2) is 0 Å². The lowest BCUT2D eigenvalue weighted by molar-refractivity contribution is -0.132. The predicted octanol–water partition coefficient (Wildman–Crippen LogP) is 3.93. The third kappa shape index (κ3) is 3.80. The van der Waals surface area contributed by atoms with Crippen LogP contribution in [0, 0.1) is 0 Å². The van der Waals surface area contributed by atoms with E-state index in [4.69, 9.17) is 23.2 Å².